The number of carboxylic acid groups (broad SMARTS) is 1. The van der Waals surface area contributed by atoms with Crippen molar-refractivity contribution in [1.82, 2.24) is 14.8 Å². The molecule has 5 nitrogen and oxygen atoms in total. The number of aryl methyl sites for hydroxylation is 1. The number of hydrogen-bond donors (Lipinski definition) is 2. The van der Waals surface area contributed by atoms with E-state index in [0.29, 0.717) is 9.90 Å². The molecule has 14 heavy (non-hydrogen) atoms. The lowest BCUT2D eigenvalue weighted by Crippen LogP contribution is -1.99. The quantitative estimate of drug-likeness (QED) is 0.695. The molecule has 0 aliphatic heterocycles. The Bertz CT molecular complexity index is 569. The lowest BCUT2D eigenvalue weighted by atomic mass is 10.2. The molecule has 0 aliphatic rings. The molecular formula is C8H7N3O2S. The van der Waals surface area contributed by atoms with Crippen LogP contribution >= 0.6 is 12.2 Å². The molecule has 2 aromatic heterocycles. The van der Waals surface area contributed by atoms with Gasteiger partial charge in [-0.25, -0.2) is 4.79 Å². The van der Waals surface area contributed by atoms with Crippen molar-refractivity contribution in [3.63, 3.8) is 0 Å². The maximum Gasteiger partial charge on any atom is 0.338 e. The zero-order valence-electron chi connectivity index (χ0n) is 7.31. The van der Waals surface area contributed by atoms with Crippen LogP contribution < -0.4 is 0 Å². The molecule has 2 aromatic rings. The molecule has 2 rings (SSSR count). The summed E-state index contributed by atoms with van der Waals surface area (Å²) in [5.41, 5.74) is 0.820. The predicted octanol–water partition coefficient (Wildman–Crippen LogP) is 1.33. The van der Waals surface area contributed by atoms with E-state index in [0.717, 1.165) is 5.65 Å². The average Bonchev–Trinajstić information content (AvgIpc) is 2.49. The second-order valence-electron chi connectivity index (χ2n) is 2.87. The topological polar surface area (TPSA) is 70.9 Å². The molecule has 0 fully saturated rings. The highest BCUT2D eigenvalue weighted by molar-refractivity contribution is 7.71. The maximum absolute atomic E-state index is 10.8. The van der Waals surface area contributed by atoms with Gasteiger partial charge in [0.25, 0.3) is 0 Å². The fraction of sp³-hybridized carbons (Fsp3) is 0.125. The number of aromatic carboxylic acids is 1. The van der Waals surface area contributed by atoms with Crippen molar-refractivity contribution in [2.24, 2.45) is 7.05 Å². The number of aromatic amines is 1. The first-order chi connectivity index (χ1) is 6.61. The normalized spacial score (nSPS) is 10.6. The second kappa shape index (κ2) is 2.91. The molecule has 0 unspecified atom stereocenters. The second-order valence-corrected chi connectivity index (χ2v) is 3.28. The fourth-order valence-corrected chi connectivity index (χ4v) is 1.58. The van der Waals surface area contributed by atoms with Crippen LogP contribution in [0.1, 0.15) is 10.4 Å². The molecule has 0 aromatic carbocycles. The Balaban J connectivity index is 2.90. The minimum atomic E-state index is -1.03. The van der Waals surface area contributed by atoms with Gasteiger partial charge in [-0.15, -0.1) is 0 Å². The van der Waals surface area contributed by atoms with Gasteiger partial charge in [-0.2, -0.15) is 5.10 Å². The number of hydrogen-bond acceptors (Lipinski definition) is 3. The molecule has 0 radical (unpaired) electrons. The summed E-state index contributed by atoms with van der Waals surface area (Å²) in [5, 5.41) is 13.5. The number of carbonyl (C=O) groups is 1. The predicted molar refractivity (Wildman–Crippen MR) is 52.9 cm³/mol. The highest BCUT2D eigenvalue weighted by Gasteiger charge is 2.10. The molecule has 0 saturated heterocycles. The SMILES string of the molecule is Cn1ncc2c(=S)c(C(=O)O)c[nH]c21. The van der Waals surface area contributed by atoms with E-state index in [4.69, 9.17) is 17.3 Å². The molecule has 0 saturated carbocycles. The third-order valence-corrected chi connectivity index (χ3v) is 2.45. The third kappa shape index (κ3) is 1.12. The van der Waals surface area contributed by atoms with E-state index in [9.17, 15) is 4.79 Å². The van der Waals surface area contributed by atoms with Gasteiger partial charge >= 0.3 is 5.97 Å². The minimum absolute atomic E-state index is 0.0977. The molecule has 2 heterocycles. The number of nitrogens with zero attached hydrogens (tertiary/aromatic N) is 2. The molecule has 0 atom stereocenters. The summed E-state index contributed by atoms with van der Waals surface area (Å²) >= 11 is 5.03. The standard InChI is InChI=1S/C8H7N3O2S/c1-11-7-4(3-10-11)6(14)5(2-9-7)8(12)13/h2-3H,1H3,(H,9,14)(H,12,13). The fourth-order valence-electron chi connectivity index (χ4n) is 1.28. The van der Waals surface area contributed by atoms with Crippen molar-refractivity contribution in [2.75, 3.05) is 0 Å². The van der Waals surface area contributed by atoms with Crippen molar-refractivity contribution < 1.29 is 9.90 Å². The van der Waals surface area contributed by atoms with E-state index in [-0.39, 0.29) is 5.56 Å². The monoisotopic (exact) mass is 209 g/mol. The van der Waals surface area contributed by atoms with Crippen LogP contribution in [-0.4, -0.2) is 25.8 Å². The summed E-state index contributed by atoms with van der Waals surface area (Å²) in [6, 6.07) is 0. The summed E-state index contributed by atoms with van der Waals surface area (Å²) in [7, 11) is 1.76. The lowest BCUT2D eigenvalue weighted by Gasteiger charge is -1.97. The van der Waals surface area contributed by atoms with Crippen LogP contribution in [0.15, 0.2) is 12.4 Å². The van der Waals surface area contributed by atoms with E-state index in [1.54, 1.807) is 17.9 Å². The zero-order valence-corrected chi connectivity index (χ0v) is 8.13. The third-order valence-electron chi connectivity index (χ3n) is 2.01. The highest BCUT2D eigenvalue weighted by Crippen LogP contribution is 2.14. The van der Waals surface area contributed by atoms with Gasteiger partial charge in [0.2, 0.25) is 0 Å². The van der Waals surface area contributed by atoms with Crippen LogP contribution in [-0.2, 0) is 7.05 Å². The summed E-state index contributed by atoms with van der Waals surface area (Å²) in [4.78, 5) is 13.6. The lowest BCUT2D eigenvalue weighted by molar-refractivity contribution is 0.0696. The van der Waals surface area contributed by atoms with Crippen LogP contribution in [0.5, 0.6) is 0 Å². The van der Waals surface area contributed by atoms with Crippen LogP contribution in [0, 0.1) is 4.51 Å². The van der Waals surface area contributed by atoms with Crippen molar-refractivity contribution in [1.29, 1.82) is 0 Å². The number of pyridine rings is 1. The van der Waals surface area contributed by atoms with Crippen molar-refractivity contribution in [2.45, 2.75) is 0 Å². The maximum atomic E-state index is 10.8. The minimum Gasteiger partial charge on any atom is -0.478 e. The number of H-pyrrole nitrogens is 1. The number of aromatic nitrogens is 3. The Morgan fingerprint density at radius 2 is 2.43 bits per heavy atom. The van der Waals surface area contributed by atoms with Crippen LogP contribution in [0.3, 0.4) is 0 Å². The summed E-state index contributed by atoms with van der Waals surface area (Å²) < 4.78 is 1.93. The number of fused-ring (bicyclic) bond motifs is 1. The molecule has 2 N–H and O–H groups in total. The van der Waals surface area contributed by atoms with Crippen LogP contribution in [0.25, 0.3) is 11.0 Å². The highest BCUT2D eigenvalue weighted by atomic mass is 32.1. The molecule has 0 bridgehead atoms. The number of carboxylic acids is 1. The summed E-state index contributed by atoms with van der Waals surface area (Å²) in [5.74, 6) is -1.03. The summed E-state index contributed by atoms with van der Waals surface area (Å²) in [6.07, 6.45) is 2.94. The molecular weight excluding hydrogens is 202 g/mol. The van der Waals surface area contributed by atoms with Gasteiger partial charge in [-0.05, 0) is 0 Å². The van der Waals surface area contributed by atoms with Gasteiger partial charge in [-0.3, -0.25) is 4.68 Å². The average molecular weight is 209 g/mol. The van der Waals surface area contributed by atoms with Gasteiger partial charge < -0.3 is 10.1 Å². The Morgan fingerprint density at radius 1 is 1.71 bits per heavy atom. The van der Waals surface area contributed by atoms with Gasteiger partial charge in [0, 0.05) is 13.2 Å². The Kier molecular flexibility index (Phi) is 1.85. The molecule has 0 aliphatic carbocycles. The Labute approximate surface area is 84.0 Å². The van der Waals surface area contributed by atoms with Crippen LogP contribution in [0.4, 0.5) is 0 Å². The first-order valence-electron chi connectivity index (χ1n) is 3.88. The van der Waals surface area contributed by atoms with Gasteiger partial charge in [0.05, 0.1) is 21.7 Å². The van der Waals surface area contributed by atoms with E-state index < -0.39 is 5.97 Å². The van der Waals surface area contributed by atoms with Gasteiger partial charge in [0.15, 0.2) is 0 Å². The van der Waals surface area contributed by atoms with E-state index in [2.05, 4.69) is 10.1 Å². The Morgan fingerprint density at radius 3 is 3.07 bits per heavy atom. The van der Waals surface area contributed by atoms with Gasteiger partial charge in [0.1, 0.15) is 5.65 Å². The van der Waals surface area contributed by atoms with E-state index in [1.807, 2.05) is 0 Å². The van der Waals surface area contributed by atoms with Crippen molar-refractivity contribution in [3.8, 4) is 0 Å². The van der Waals surface area contributed by atoms with E-state index >= 15 is 0 Å². The number of nitrogens with one attached hydrogen (secondary N) is 1. The van der Waals surface area contributed by atoms with Crippen molar-refractivity contribution in [3.05, 3.63) is 22.5 Å². The zero-order chi connectivity index (χ0) is 10.3. The van der Waals surface area contributed by atoms with Crippen LogP contribution in [0.2, 0.25) is 0 Å². The molecule has 6 heteroatoms. The first kappa shape index (κ1) is 8.89. The summed E-state index contributed by atoms with van der Waals surface area (Å²) in [6.45, 7) is 0. The Hall–Kier alpha value is -1.69. The van der Waals surface area contributed by atoms with E-state index in [1.165, 1.54) is 6.20 Å². The largest absolute Gasteiger partial charge is 0.478 e. The molecule has 0 amide bonds. The number of rotatable bonds is 1. The first-order valence-corrected chi connectivity index (χ1v) is 4.29. The smallest absolute Gasteiger partial charge is 0.338 e. The van der Waals surface area contributed by atoms with Crippen molar-refractivity contribution >= 4 is 29.2 Å². The van der Waals surface area contributed by atoms with Gasteiger partial charge in [-0.1, -0.05) is 12.2 Å². The molecule has 0 spiro atoms. The molecule has 72 valence electrons.